The number of rotatable bonds is 1. The van der Waals surface area contributed by atoms with Gasteiger partial charge in [-0.3, -0.25) is 0 Å². The lowest BCUT2D eigenvalue weighted by molar-refractivity contribution is 0.627. The Kier molecular flexibility index (Phi) is 2.74. The first-order valence-electron chi connectivity index (χ1n) is 5.39. The van der Waals surface area contributed by atoms with Gasteiger partial charge in [-0.25, -0.2) is 0 Å². The molecule has 0 aromatic heterocycles. The van der Waals surface area contributed by atoms with Gasteiger partial charge in [-0.1, -0.05) is 55.0 Å². The molecule has 0 heterocycles. The van der Waals surface area contributed by atoms with Crippen molar-refractivity contribution in [3.05, 3.63) is 53.6 Å². The van der Waals surface area contributed by atoms with Gasteiger partial charge >= 0.3 is 0 Å². The van der Waals surface area contributed by atoms with Crippen LogP contribution in [0.3, 0.4) is 0 Å². The third kappa shape index (κ3) is 2.18. The first kappa shape index (κ1) is 10.2. The molecule has 0 saturated heterocycles. The summed E-state index contributed by atoms with van der Waals surface area (Å²) in [5.41, 5.74) is 9.78. The maximum absolute atomic E-state index is 5.92. The van der Waals surface area contributed by atoms with Crippen LogP contribution in [-0.2, 0) is 0 Å². The molecular weight excluding hydrogens is 182 g/mol. The zero-order valence-electron chi connectivity index (χ0n) is 9.27. The fourth-order valence-electron chi connectivity index (χ4n) is 1.86. The van der Waals surface area contributed by atoms with E-state index in [-0.39, 0.29) is 6.04 Å². The second kappa shape index (κ2) is 4.03. The summed E-state index contributed by atoms with van der Waals surface area (Å²) in [4.78, 5) is 0. The largest absolute Gasteiger partial charge is 0.324 e. The minimum Gasteiger partial charge on any atom is -0.324 e. The van der Waals surface area contributed by atoms with Crippen molar-refractivity contribution in [2.45, 2.75) is 19.9 Å². The highest BCUT2D eigenvalue weighted by Crippen LogP contribution is 2.24. The van der Waals surface area contributed by atoms with Gasteiger partial charge < -0.3 is 5.73 Å². The van der Waals surface area contributed by atoms with Crippen molar-refractivity contribution >= 4 is 5.57 Å². The molecule has 78 valence electrons. The molecule has 1 heteroatoms. The Bertz CT molecular complexity index is 415. The summed E-state index contributed by atoms with van der Waals surface area (Å²) in [5, 5.41) is 0. The number of hydrogen-bond acceptors (Lipinski definition) is 1. The average molecular weight is 199 g/mol. The molecule has 2 rings (SSSR count). The van der Waals surface area contributed by atoms with E-state index in [1.807, 2.05) is 0 Å². The Morgan fingerprint density at radius 1 is 1.27 bits per heavy atom. The first-order valence-corrected chi connectivity index (χ1v) is 5.39. The summed E-state index contributed by atoms with van der Waals surface area (Å²) < 4.78 is 0. The summed E-state index contributed by atoms with van der Waals surface area (Å²) in [7, 11) is 0. The fraction of sp³-hybridized carbons (Fsp3) is 0.286. The molecule has 0 radical (unpaired) electrons. The Morgan fingerprint density at radius 2 is 2.07 bits per heavy atom. The fourth-order valence-corrected chi connectivity index (χ4v) is 1.86. The molecule has 0 bridgehead atoms. The molecule has 1 aromatic carbocycles. The smallest absolute Gasteiger partial charge is 0.0288 e. The van der Waals surface area contributed by atoms with E-state index in [0.29, 0.717) is 5.92 Å². The van der Waals surface area contributed by atoms with Crippen LogP contribution < -0.4 is 5.73 Å². The van der Waals surface area contributed by atoms with Gasteiger partial charge in [0.05, 0.1) is 0 Å². The highest BCUT2D eigenvalue weighted by molar-refractivity contribution is 5.75. The second-order valence-electron chi connectivity index (χ2n) is 4.29. The Hall–Kier alpha value is -1.34. The van der Waals surface area contributed by atoms with Crippen LogP contribution in [0.25, 0.3) is 5.57 Å². The van der Waals surface area contributed by atoms with E-state index in [2.05, 4.69) is 56.3 Å². The van der Waals surface area contributed by atoms with Crippen molar-refractivity contribution in [1.29, 1.82) is 0 Å². The molecule has 0 saturated carbocycles. The van der Waals surface area contributed by atoms with Crippen molar-refractivity contribution in [3.8, 4) is 0 Å². The zero-order chi connectivity index (χ0) is 10.8. The standard InChI is InChI=1S/C14H17N/c1-10-4-3-5-12(8-10)13-6-7-14(15)11(2)9-13/h3-9,11,14H,15H2,1-2H3. The number of benzene rings is 1. The van der Waals surface area contributed by atoms with Crippen molar-refractivity contribution in [1.82, 2.24) is 0 Å². The highest BCUT2D eigenvalue weighted by Gasteiger charge is 2.12. The summed E-state index contributed by atoms with van der Waals surface area (Å²) in [6.07, 6.45) is 6.46. The molecule has 2 atom stereocenters. The molecule has 2 unspecified atom stereocenters. The lowest BCUT2D eigenvalue weighted by Gasteiger charge is -2.19. The van der Waals surface area contributed by atoms with Gasteiger partial charge in [-0.05, 0) is 24.0 Å². The maximum Gasteiger partial charge on any atom is 0.0288 e. The molecule has 0 spiro atoms. The molecule has 1 aliphatic rings. The van der Waals surface area contributed by atoms with Gasteiger partial charge in [-0.15, -0.1) is 0 Å². The van der Waals surface area contributed by atoms with Crippen LogP contribution in [0.4, 0.5) is 0 Å². The zero-order valence-corrected chi connectivity index (χ0v) is 9.27. The van der Waals surface area contributed by atoms with E-state index in [1.165, 1.54) is 16.7 Å². The van der Waals surface area contributed by atoms with Crippen molar-refractivity contribution < 1.29 is 0 Å². The summed E-state index contributed by atoms with van der Waals surface area (Å²) in [6, 6.07) is 8.73. The van der Waals surface area contributed by atoms with Crippen LogP contribution in [-0.4, -0.2) is 6.04 Å². The van der Waals surface area contributed by atoms with Gasteiger partial charge in [0.25, 0.3) is 0 Å². The predicted octanol–water partition coefficient (Wildman–Crippen LogP) is 2.91. The average Bonchev–Trinajstić information content (AvgIpc) is 2.22. The maximum atomic E-state index is 5.92. The molecule has 0 amide bonds. The van der Waals surface area contributed by atoms with E-state index in [1.54, 1.807) is 0 Å². The van der Waals surface area contributed by atoms with E-state index in [4.69, 9.17) is 5.73 Å². The molecule has 15 heavy (non-hydrogen) atoms. The molecule has 1 nitrogen and oxygen atoms in total. The van der Waals surface area contributed by atoms with Gasteiger partial charge in [0.1, 0.15) is 0 Å². The van der Waals surface area contributed by atoms with Crippen LogP contribution in [0, 0.1) is 12.8 Å². The summed E-state index contributed by atoms with van der Waals surface area (Å²) in [6.45, 7) is 4.27. The molecular formula is C14H17N. The Labute approximate surface area is 91.3 Å². The summed E-state index contributed by atoms with van der Waals surface area (Å²) in [5.74, 6) is 0.422. The first-order chi connectivity index (χ1) is 7.16. The number of nitrogens with two attached hydrogens (primary N) is 1. The van der Waals surface area contributed by atoms with Crippen LogP contribution >= 0.6 is 0 Å². The van der Waals surface area contributed by atoms with Crippen molar-refractivity contribution in [2.24, 2.45) is 11.7 Å². The number of allylic oxidation sites excluding steroid dienone is 2. The van der Waals surface area contributed by atoms with Crippen LogP contribution in [0.5, 0.6) is 0 Å². The van der Waals surface area contributed by atoms with E-state index in [9.17, 15) is 0 Å². The van der Waals surface area contributed by atoms with Crippen LogP contribution in [0.15, 0.2) is 42.5 Å². The third-order valence-electron chi connectivity index (χ3n) is 2.90. The molecule has 1 aromatic rings. The van der Waals surface area contributed by atoms with E-state index in [0.717, 1.165) is 0 Å². The van der Waals surface area contributed by atoms with Crippen molar-refractivity contribution in [3.63, 3.8) is 0 Å². The van der Waals surface area contributed by atoms with Crippen LogP contribution in [0.1, 0.15) is 18.1 Å². The lowest BCUT2D eigenvalue weighted by atomic mass is 9.90. The highest BCUT2D eigenvalue weighted by atomic mass is 14.6. The predicted molar refractivity (Wildman–Crippen MR) is 65.4 cm³/mol. The molecule has 2 N–H and O–H groups in total. The minimum atomic E-state index is 0.165. The summed E-state index contributed by atoms with van der Waals surface area (Å²) >= 11 is 0. The number of aryl methyl sites for hydroxylation is 1. The van der Waals surface area contributed by atoms with E-state index >= 15 is 0 Å². The molecule has 0 fully saturated rings. The lowest BCUT2D eigenvalue weighted by Crippen LogP contribution is -2.26. The minimum absolute atomic E-state index is 0.165. The van der Waals surface area contributed by atoms with Crippen LogP contribution in [0.2, 0.25) is 0 Å². The second-order valence-corrected chi connectivity index (χ2v) is 4.29. The Balaban J connectivity index is 2.33. The van der Waals surface area contributed by atoms with Gasteiger partial charge in [0.15, 0.2) is 0 Å². The monoisotopic (exact) mass is 199 g/mol. The molecule has 0 aliphatic heterocycles. The van der Waals surface area contributed by atoms with Gasteiger partial charge in [0, 0.05) is 6.04 Å². The van der Waals surface area contributed by atoms with Gasteiger partial charge in [-0.2, -0.15) is 0 Å². The SMILES string of the molecule is Cc1cccc(C2=CC(C)C(N)C=C2)c1. The normalized spacial score (nSPS) is 25.1. The third-order valence-corrected chi connectivity index (χ3v) is 2.90. The quantitative estimate of drug-likeness (QED) is 0.739. The van der Waals surface area contributed by atoms with E-state index < -0.39 is 0 Å². The topological polar surface area (TPSA) is 26.0 Å². The Morgan fingerprint density at radius 3 is 2.73 bits per heavy atom. The molecule has 1 aliphatic carbocycles. The number of hydrogen-bond donors (Lipinski definition) is 1. The van der Waals surface area contributed by atoms with Crippen molar-refractivity contribution in [2.75, 3.05) is 0 Å². The van der Waals surface area contributed by atoms with Gasteiger partial charge in [0.2, 0.25) is 0 Å².